The Kier molecular flexibility index (Phi) is 4.71. The second kappa shape index (κ2) is 6.70. The third kappa shape index (κ3) is 3.82. The number of nitrogens with zero attached hydrogens (tertiary/aromatic N) is 1. The van der Waals surface area contributed by atoms with E-state index in [1.54, 1.807) is 18.3 Å². The van der Waals surface area contributed by atoms with Crippen LogP contribution >= 0.6 is 0 Å². The molecule has 1 aromatic carbocycles. The molecule has 1 amide bonds. The summed E-state index contributed by atoms with van der Waals surface area (Å²) in [5.41, 5.74) is 1.89. The smallest absolute Gasteiger partial charge is 0.250 e. The zero-order valence-corrected chi connectivity index (χ0v) is 11.5. The number of hydrogen-bond donors (Lipinski definition) is 1. The van der Waals surface area contributed by atoms with Crippen LogP contribution < -0.4 is 10.9 Å². The fraction of sp³-hybridized carbons (Fsp3) is 0.250. The van der Waals surface area contributed by atoms with Gasteiger partial charge in [-0.3, -0.25) is 9.59 Å². The summed E-state index contributed by atoms with van der Waals surface area (Å²) in [7, 11) is 0. The van der Waals surface area contributed by atoms with Crippen LogP contribution in [0.25, 0.3) is 0 Å². The molecule has 0 atom stereocenters. The van der Waals surface area contributed by atoms with Crippen LogP contribution in [0.4, 0.5) is 5.69 Å². The summed E-state index contributed by atoms with van der Waals surface area (Å²) < 4.78 is 1.53. The lowest BCUT2D eigenvalue weighted by Gasteiger charge is -2.08. The van der Waals surface area contributed by atoms with E-state index >= 15 is 0 Å². The number of rotatable bonds is 5. The van der Waals surface area contributed by atoms with Crippen LogP contribution in [0.2, 0.25) is 0 Å². The van der Waals surface area contributed by atoms with Gasteiger partial charge in [0.2, 0.25) is 5.91 Å². The van der Waals surface area contributed by atoms with Crippen LogP contribution in [0.3, 0.4) is 0 Å². The van der Waals surface area contributed by atoms with Gasteiger partial charge in [0, 0.05) is 30.9 Å². The minimum atomic E-state index is -0.0896. The summed E-state index contributed by atoms with van der Waals surface area (Å²) in [5.74, 6) is -0.0889. The third-order valence-electron chi connectivity index (χ3n) is 3.10. The van der Waals surface area contributed by atoms with E-state index in [4.69, 9.17) is 0 Å². The van der Waals surface area contributed by atoms with Gasteiger partial charge in [-0.05, 0) is 30.2 Å². The number of aryl methyl sites for hydroxylation is 2. The van der Waals surface area contributed by atoms with Crippen molar-refractivity contribution in [3.63, 3.8) is 0 Å². The fourth-order valence-electron chi connectivity index (χ4n) is 1.96. The van der Waals surface area contributed by atoms with Gasteiger partial charge < -0.3 is 9.88 Å². The minimum Gasteiger partial charge on any atom is -0.326 e. The van der Waals surface area contributed by atoms with E-state index in [1.165, 1.54) is 16.2 Å². The highest BCUT2D eigenvalue weighted by Crippen LogP contribution is 2.11. The number of carbonyl (C=O) groups is 1. The molecule has 0 aliphatic rings. The van der Waals surface area contributed by atoms with Crippen molar-refractivity contribution in [2.24, 2.45) is 0 Å². The highest BCUT2D eigenvalue weighted by Gasteiger charge is 2.04. The summed E-state index contributed by atoms with van der Waals surface area (Å²) in [6.07, 6.45) is 2.90. The van der Waals surface area contributed by atoms with E-state index in [1.807, 2.05) is 24.3 Å². The zero-order valence-electron chi connectivity index (χ0n) is 11.5. The van der Waals surface area contributed by atoms with E-state index in [9.17, 15) is 9.59 Å². The third-order valence-corrected chi connectivity index (χ3v) is 3.10. The molecule has 0 aliphatic heterocycles. The van der Waals surface area contributed by atoms with Crippen LogP contribution in [0, 0.1) is 0 Å². The molecule has 0 saturated heterocycles. The quantitative estimate of drug-likeness (QED) is 0.907. The number of nitrogens with one attached hydrogen (secondary N) is 1. The van der Waals surface area contributed by atoms with Gasteiger partial charge in [-0.1, -0.05) is 25.1 Å². The normalized spacial score (nSPS) is 10.2. The van der Waals surface area contributed by atoms with Gasteiger partial charge in [-0.2, -0.15) is 0 Å². The van der Waals surface area contributed by atoms with E-state index < -0.39 is 0 Å². The number of anilines is 1. The monoisotopic (exact) mass is 270 g/mol. The maximum absolute atomic E-state index is 11.9. The summed E-state index contributed by atoms with van der Waals surface area (Å²) >= 11 is 0. The van der Waals surface area contributed by atoms with Crippen molar-refractivity contribution >= 4 is 11.6 Å². The molecule has 1 N–H and O–H groups in total. The Morgan fingerprint density at radius 1 is 1.20 bits per heavy atom. The molecule has 20 heavy (non-hydrogen) atoms. The number of carbonyl (C=O) groups excluding carboxylic acids is 1. The van der Waals surface area contributed by atoms with E-state index in [-0.39, 0.29) is 17.9 Å². The molecule has 2 aromatic rings. The number of aromatic nitrogens is 1. The van der Waals surface area contributed by atoms with Crippen molar-refractivity contribution in [1.82, 2.24) is 4.57 Å². The standard InChI is InChI=1S/C16H18N2O2/c1-2-13-6-5-7-14(12-13)17-15(19)9-11-18-10-4-3-8-16(18)20/h3-8,10,12H,2,9,11H2,1H3,(H,17,19). The molecule has 0 saturated carbocycles. The summed E-state index contributed by atoms with van der Waals surface area (Å²) in [6.45, 7) is 2.46. The zero-order chi connectivity index (χ0) is 14.4. The van der Waals surface area contributed by atoms with Crippen molar-refractivity contribution in [3.8, 4) is 0 Å². The summed E-state index contributed by atoms with van der Waals surface area (Å²) in [5, 5.41) is 2.85. The lowest BCUT2D eigenvalue weighted by molar-refractivity contribution is -0.116. The Hall–Kier alpha value is -2.36. The maximum Gasteiger partial charge on any atom is 0.250 e. The predicted octanol–water partition coefficient (Wildman–Crippen LogP) is 2.44. The average molecular weight is 270 g/mol. The van der Waals surface area contributed by atoms with Crippen molar-refractivity contribution in [3.05, 3.63) is 64.6 Å². The highest BCUT2D eigenvalue weighted by molar-refractivity contribution is 5.90. The second-order valence-electron chi connectivity index (χ2n) is 4.58. The molecule has 0 spiro atoms. The largest absolute Gasteiger partial charge is 0.326 e. The lowest BCUT2D eigenvalue weighted by Crippen LogP contribution is -2.21. The molecule has 0 fully saturated rings. The van der Waals surface area contributed by atoms with Crippen molar-refractivity contribution < 1.29 is 4.79 Å². The Bertz CT molecular complexity index is 647. The highest BCUT2D eigenvalue weighted by atomic mass is 16.1. The van der Waals surface area contributed by atoms with E-state index in [0.717, 1.165) is 12.1 Å². The Balaban J connectivity index is 1.92. The van der Waals surface area contributed by atoms with Crippen LogP contribution in [0.5, 0.6) is 0 Å². The molecule has 0 bridgehead atoms. The molecule has 1 aromatic heterocycles. The van der Waals surface area contributed by atoms with Gasteiger partial charge in [0.15, 0.2) is 0 Å². The SMILES string of the molecule is CCc1cccc(NC(=O)CCn2ccccc2=O)c1. The maximum atomic E-state index is 11.9. The van der Waals surface area contributed by atoms with Crippen molar-refractivity contribution in [2.45, 2.75) is 26.3 Å². The Morgan fingerprint density at radius 3 is 2.80 bits per heavy atom. The van der Waals surface area contributed by atoms with Gasteiger partial charge >= 0.3 is 0 Å². The molecular weight excluding hydrogens is 252 g/mol. The molecule has 4 heteroatoms. The first kappa shape index (κ1) is 14.1. The molecular formula is C16H18N2O2. The van der Waals surface area contributed by atoms with Gasteiger partial charge in [0.25, 0.3) is 5.56 Å². The number of hydrogen-bond acceptors (Lipinski definition) is 2. The van der Waals surface area contributed by atoms with Gasteiger partial charge in [0.05, 0.1) is 0 Å². The molecule has 0 unspecified atom stereocenters. The predicted molar refractivity (Wildman–Crippen MR) is 79.8 cm³/mol. The van der Waals surface area contributed by atoms with Crippen LogP contribution in [-0.2, 0) is 17.8 Å². The Labute approximate surface area is 118 Å². The molecule has 1 heterocycles. The molecule has 104 valence electrons. The van der Waals surface area contributed by atoms with Gasteiger partial charge in [-0.25, -0.2) is 0 Å². The van der Waals surface area contributed by atoms with Crippen molar-refractivity contribution in [1.29, 1.82) is 0 Å². The lowest BCUT2D eigenvalue weighted by atomic mass is 10.1. The average Bonchev–Trinajstić information content (AvgIpc) is 2.46. The number of benzene rings is 1. The molecule has 0 radical (unpaired) electrons. The van der Waals surface area contributed by atoms with Crippen LogP contribution in [0.15, 0.2) is 53.5 Å². The van der Waals surface area contributed by atoms with Gasteiger partial charge in [0.1, 0.15) is 0 Å². The number of pyridine rings is 1. The van der Waals surface area contributed by atoms with Crippen LogP contribution in [-0.4, -0.2) is 10.5 Å². The van der Waals surface area contributed by atoms with Gasteiger partial charge in [-0.15, -0.1) is 0 Å². The first-order valence-electron chi connectivity index (χ1n) is 6.73. The topological polar surface area (TPSA) is 51.1 Å². The molecule has 0 aliphatic carbocycles. The van der Waals surface area contributed by atoms with Crippen molar-refractivity contribution in [2.75, 3.05) is 5.32 Å². The minimum absolute atomic E-state index is 0.0889. The summed E-state index contributed by atoms with van der Waals surface area (Å²) in [6, 6.07) is 12.7. The van der Waals surface area contributed by atoms with Crippen LogP contribution in [0.1, 0.15) is 18.9 Å². The number of amides is 1. The van der Waals surface area contributed by atoms with E-state index in [2.05, 4.69) is 12.2 Å². The molecule has 2 rings (SSSR count). The first-order chi connectivity index (χ1) is 9.69. The second-order valence-corrected chi connectivity index (χ2v) is 4.58. The summed E-state index contributed by atoms with van der Waals surface area (Å²) in [4.78, 5) is 23.4. The fourth-order valence-corrected chi connectivity index (χ4v) is 1.96. The van der Waals surface area contributed by atoms with E-state index in [0.29, 0.717) is 6.54 Å². The Morgan fingerprint density at radius 2 is 2.05 bits per heavy atom. The molecule has 4 nitrogen and oxygen atoms in total. The first-order valence-corrected chi connectivity index (χ1v) is 6.73.